The Morgan fingerprint density at radius 1 is 1.29 bits per heavy atom. The van der Waals surface area contributed by atoms with E-state index in [1.165, 1.54) is 0 Å². The number of urea groups is 1. The zero-order chi connectivity index (χ0) is 15.7. The molecule has 2 amide bonds. The van der Waals surface area contributed by atoms with Gasteiger partial charge in [-0.25, -0.2) is 4.79 Å². The smallest absolute Gasteiger partial charge is 0.314 e. The quantitative estimate of drug-likeness (QED) is 0.681. The van der Waals surface area contributed by atoms with E-state index < -0.39 is 0 Å². The number of nitrogens with two attached hydrogens (primary N) is 1. The summed E-state index contributed by atoms with van der Waals surface area (Å²) in [7, 11) is 0. The summed E-state index contributed by atoms with van der Waals surface area (Å²) in [6.45, 7) is 15.5. The van der Waals surface area contributed by atoms with E-state index in [0.717, 1.165) is 65.3 Å². The Kier molecular flexibility index (Phi) is 8.64. The average molecular weight is 299 g/mol. The second kappa shape index (κ2) is 9.97. The van der Waals surface area contributed by atoms with Crippen molar-refractivity contribution in [2.24, 2.45) is 5.73 Å². The van der Waals surface area contributed by atoms with Gasteiger partial charge in [0.15, 0.2) is 0 Å². The SMILES string of the molecule is CCNC(C)CN(CC)CCN1CCCN(C(N)=O)CC1. The number of carbonyl (C=O) groups excluding carboxylic acids is 1. The molecule has 0 aromatic rings. The molecule has 21 heavy (non-hydrogen) atoms. The fraction of sp³-hybridized carbons (Fsp3) is 0.933. The van der Waals surface area contributed by atoms with Gasteiger partial charge in [0.1, 0.15) is 0 Å². The molecule has 6 heteroatoms. The first kappa shape index (κ1) is 18.2. The van der Waals surface area contributed by atoms with Gasteiger partial charge in [0.05, 0.1) is 0 Å². The molecule has 0 aromatic heterocycles. The van der Waals surface area contributed by atoms with Crippen molar-refractivity contribution in [3.8, 4) is 0 Å². The van der Waals surface area contributed by atoms with E-state index in [9.17, 15) is 4.79 Å². The number of hydrogen-bond donors (Lipinski definition) is 2. The number of rotatable bonds is 8. The van der Waals surface area contributed by atoms with Crippen molar-refractivity contribution in [3.63, 3.8) is 0 Å². The maximum Gasteiger partial charge on any atom is 0.314 e. The van der Waals surface area contributed by atoms with Gasteiger partial charge in [-0.05, 0) is 33.0 Å². The lowest BCUT2D eigenvalue weighted by Crippen LogP contribution is -2.43. The third-order valence-electron chi connectivity index (χ3n) is 4.16. The van der Waals surface area contributed by atoms with Crippen molar-refractivity contribution in [2.45, 2.75) is 33.2 Å². The Bertz CT molecular complexity index is 300. The summed E-state index contributed by atoms with van der Waals surface area (Å²) in [5, 5.41) is 3.46. The van der Waals surface area contributed by atoms with Crippen LogP contribution in [0, 0.1) is 0 Å². The highest BCUT2D eigenvalue weighted by molar-refractivity contribution is 5.71. The molecule has 3 N–H and O–H groups in total. The summed E-state index contributed by atoms with van der Waals surface area (Å²) in [5.74, 6) is 0. The molecule has 1 aliphatic rings. The maximum absolute atomic E-state index is 11.2. The van der Waals surface area contributed by atoms with Crippen LogP contribution in [0.15, 0.2) is 0 Å². The van der Waals surface area contributed by atoms with E-state index in [0.29, 0.717) is 6.04 Å². The fourth-order valence-electron chi connectivity index (χ4n) is 2.88. The number of carbonyl (C=O) groups is 1. The molecule has 1 rings (SSSR count). The summed E-state index contributed by atoms with van der Waals surface area (Å²) < 4.78 is 0. The number of nitrogens with one attached hydrogen (secondary N) is 1. The molecular formula is C15H33N5O. The molecule has 0 aliphatic carbocycles. The lowest BCUT2D eigenvalue weighted by atomic mass is 10.3. The molecule has 0 bridgehead atoms. The normalized spacial score (nSPS) is 18.8. The summed E-state index contributed by atoms with van der Waals surface area (Å²) >= 11 is 0. The fourth-order valence-corrected chi connectivity index (χ4v) is 2.88. The monoisotopic (exact) mass is 299 g/mol. The second-order valence-electron chi connectivity index (χ2n) is 5.87. The maximum atomic E-state index is 11.2. The Labute approximate surface area is 129 Å². The van der Waals surface area contributed by atoms with Crippen LogP contribution in [0.1, 0.15) is 27.2 Å². The van der Waals surface area contributed by atoms with Gasteiger partial charge in [-0.3, -0.25) is 0 Å². The number of primary amides is 1. The molecule has 1 atom stereocenters. The van der Waals surface area contributed by atoms with E-state index in [2.05, 4.69) is 35.9 Å². The molecule has 0 spiro atoms. The molecule has 1 fully saturated rings. The van der Waals surface area contributed by atoms with Gasteiger partial charge in [0, 0.05) is 45.3 Å². The first-order valence-corrected chi connectivity index (χ1v) is 8.29. The van der Waals surface area contributed by atoms with Crippen molar-refractivity contribution in [2.75, 3.05) is 58.9 Å². The molecule has 124 valence electrons. The van der Waals surface area contributed by atoms with Crippen molar-refractivity contribution in [1.29, 1.82) is 0 Å². The van der Waals surface area contributed by atoms with Crippen molar-refractivity contribution >= 4 is 6.03 Å². The predicted octanol–water partition coefficient (Wildman–Crippen LogP) is 0.393. The third-order valence-corrected chi connectivity index (χ3v) is 4.16. The van der Waals surface area contributed by atoms with Crippen LogP contribution >= 0.6 is 0 Å². The van der Waals surface area contributed by atoms with Crippen LogP contribution in [-0.2, 0) is 0 Å². The van der Waals surface area contributed by atoms with Crippen molar-refractivity contribution < 1.29 is 4.79 Å². The molecule has 1 saturated heterocycles. The van der Waals surface area contributed by atoms with Gasteiger partial charge >= 0.3 is 6.03 Å². The highest BCUT2D eigenvalue weighted by Gasteiger charge is 2.17. The number of nitrogens with zero attached hydrogens (tertiary/aromatic N) is 3. The van der Waals surface area contributed by atoms with Crippen LogP contribution in [-0.4, -0.2) is 85.7 Å². The number of likely N-dealkylation sites (N-methyl/N-ethyl adjacent to an activating group) is 2. The molecule has 6 nitrogen and oxygen atoms in total. The minimum Gasteiger partial charge on any atom is -0.351 e. The van der Waals surface area contributed by atoms with Crippen LogP contribution in [0.2, 0.25) is 0 Å². The van der Waals surface area contributed by atoms with Gasteiger partial charge < -0.3 is 25.8 Å². The van der Waals surface area contributed by atoms with Gasteiger partial charge in [-0.15, -0.1) is 0 Å². The van der Waals surface area contributed by atoms with Gasteiger partial charge in [-0.2, -0.15) is 0 Å². The lowest BCUT2D eigenvalue weighted by Gasteiger charge is -2.28. The van der Waals surface area contributed by atoms with Crippen molar-refractivity contribution in [1.82, 2.24) is 20.0 Å². The molecule has 1 aliphatic heterocycles. The van der Waals surface area contributed by atoms with E-state index >= 15 is 0 Å². The third kappa shape index (κ3) is 7.11. The minimum absolute atomic E-state index is 0.286. The summed E-state index contributed by atoms with van der Waals surface area (Å²) in [5.41, 5.74) is 5.36. The van der Waals surface area contributed by atoms with Gasteiger partial charge in [0.25, 0.3) is 0 Å². The Balaban J connectivity index is 2.30. The highest BCUT2D eigenvalue weighted by Crippen LogP contribution is 2.03. The first-order chi connectivity index (χ1) is 10.1. The Morgan fingerprint density at radius 3 is 2.67 bits per heavy atom. The summed E-state index contributed by atoms with van der Waals surface area (Å²) in [4.78, 5) is 17.9. The van der Waals surface area contributed by atoms with Crippen LogP contribution < -0.4 is 11.1 Å². The van der Waals surface area contributed by atoms with Crippen LogP contribution in [0.25, 0.3) is 0 Å². The highest BCUT2D eigenvalue weighted by atomic mass is 16.2. The van der Waals surface area contributed by atoms with Gasteiger partial charge in [0.2, 0.25) is 0 Å². The van der Waals surface area contributed by atoms with E-state index in [4.69, 9.17) is 5.73 Å². The topological polar surface area (TPSA) is 64.8 Å². The molecule has 0 aromatic carbocycles. The summed E-state index contributed by atoms with van der Waals surface area (Å²) in [6.07, 6.45) is 1.02. The molecule has 0 radical (unpaired) electrons. The predicted molar refractivity (Wildman–Crippen MR) is 87.5 cm³/mol. The number of amides is 2. The standard InChI is InChI=1S/C15H33N5O/c1-4-17-14(3)13-18(5-2)9-10-19-7-6-8-20(12-11-19)15(16)21/h14,17H,4-13H2,1-3H3,(H2,16,21). The van der Waals surface area contributed by atoms with Crippen LogP contribution in [0.5, 0.6) is 0 Å². The Morgan fingerprint density at radius 2 is 2.05 bits per heavy atom. The lowest BCUT2D eigenvalue weighted by molar-refractivity contribution is 0.195. The van der Waals surface area contributed by atoms with E-state index in [1.54, 1.807) is 4.90 Å². The Hall–Kier alpha value is -0.850. The van der Waals surface area contributed by atoms with Crippen LogP contribution in [0.4, 0.5) is 4.79 Å². The largest absolute Gasteiger partial charge is 0.351 e. The molecule has 1 unspecified atom stereocenters. The van der Waals surface area contributed by atoms with Gasteiger partial charge in [-0.1, -0.05) is 13.8 Å². The molecular weight excluding hydrogens is 266 g/mol. The second-order valence-corrected chi connectivity index (χ2v) is 5.87. The van der Waals surface area contributed by atoms with Crippen molar-refractivity contribution in [3.05, 3.63) is 0 Å². The summed E-state index contributed by atoms with van der Waals surface area (Å²) in [6, 6.07) is 0.246. The minimum atomic E-state index is -0.286. The van der Waals surface area contributed by atoms with E-state index in [1.807, 2.05) is 0 Å². The van der Waals surface area contributed by atoms with E-state index in [-0.39, 0.29) is 6.03 Å². The zero-order valence-electron chi connectivity index (χ0n) is 14.0. The number of hydrogen-bond acceptors (Lipinski definition) is 4. The molecule has 1 heterocycles. The zero-order valence-corrected chi connectivity index (χ0v) is 14.0. The molecule has 0 saturated carbocycles. The first-order valence-electron chi connectivity index (χ1n) is 8.29. The van der Waals surface area contributed by atoms with Crippen LogP contribution in [0.3, 0.4) is 0 Å². The average Bonchev–Trinajstić information content (AvgIpc) is 2.69.